The number of nitrogens with one attached hydrogen (secondary N) is 1. The van der Waals surface area contributed by atoms with Gasteiger partial charge < -0.3 is 10.1 Å². The lowest BCUT2D eigenvalue weighted by atomic mass is 10.2. The van der Waals surface area contributed by atoms with Crippen molar-refractivity contribution in [2.75, 3.05) is 13.2 Å². The maximum Gasteiger partial charge on any atom is 0.130 e. The second-order valence-corrected chi connectivity index (χ2v) is 4.74. The van der Waals surface area contributed by atoms with Gasteiger partial charge in [0.15, 0.2) is 0 Å². The Balaban J connectivity index is 2.12. The summed E-state index contributed by atoms with van der Waals surface area (Å²) in [6.07, 6.45) is 0. The Morgan fingerprint density at radius 3 is 2.83 bits per heavy atom. The molecule has 0 bridgehead atoms. The summed E-state index contributed by atoms with van der Waals surface area (Å²) in [4.78, 5) is 4.50. The Labute approximate surface area is 108 Å². The van der Waals surface area contributed by atoms with Crippen LogP contribution in [0, 0.1) is 6.92 Å². The first-order chi connectivity index (χ1) is 8.66. The molecule has 0 aliphatic heterocycles. The smallest absolute Gasteiger partial charge is 0.130 e. The van der Waals surface area contributed by atoms with Crippen molar-refractivity contribution in [1.29, 1.82) is 0 Å². The molecule has 0 aliphatic rings. The van der Waals surface area contributed by atoms with Crippen LogP contribution in [0.5, 0.6) is 5.75 Å². The molecular weight excluding hydrogens is 224 g/mol. The third-order valence-electron chi connectivity index (χ3n) is 2.72. The van der Waals surface area contributed by atoms with Crippen molar-refractivity contribution in [1.82, 2.24) is 10.3 Å². The summed E-state index contributed by atoms with van der Waals surface area (Å²) >= 11 is 0. The first-order valence-electron chi connectivity index (χ1n) is 6.39. The van der Waals surface area contributed by atoms with Crippen LogP contribution in [-0.4, -0.2) is 24.2 Å². The van der Waals surface area contributed by atoms with Gasteiger partial charge >= 0.3 is 0 Å². The summed E-state index contributed by atoms with van der Waals surface area (Å²) in [5.41, 5.74) is 1.98. The minimum absolute atomic E-state index is 0.490. The molecule has 0 aliphatic carbocycles. The highest BCUT2D eigenvalue weighted by Crippen LogP contribution is 2.24. The van der Waals surface area contributed by atoms with E-state index in [0.717, 1.165) is 28.9 Å². The molecule has 18 heavy (non-hydrogen) atoms. The SMILES string of the molecule is Cc1cc(OCCNC(C)C)c2ccccc2n1. The van der Waals surface area contributed by atoms with Gasteiger partial charge in [0.1, 0.15) is 12.4 Å². The molecular formula is C15H20N2O. The monoisotopic (exact) mass is 244 g/mol. The van der Waals surface area contributed by atoms with Crippen molar-refractivity contribution in [3.63, 3.8) is 0 Å². The number of ether oxygens (including phenoxy) is 1. The number of aromatic nitrogens is 1. The zero-order chi connectivity index (χ0) is 13.0. The van der Waals surface area contributed by atoms with Crippen LogP contribution in [0.15, 0.2) is 30.3 Å². The van der Waals surface area contributed by atoms with Crippen LogP contribution in [0.2, 0.25) is 0 Å². The number of benzene rings is 1. The average molecular weight is 244 g/mol. The molecule has 0 fully saturated rings. The molecule has 3 heteroatoms. The van der Waals surface area contributed by atoms with Crippen LogP contribution in [0.4, 0.5) is 0 Å². The summed E-state index contributed by atoms with van der Waals surface area (Å²) in [6, 6.07) is 10.6. The van der Waals surface area contributed by atoms with Gasteiger partial charge in [-0.15, -0.1) is 0 Å². The second-order valence-electron chi connectivity index (χ2n) is 4.74. The molecule has 0 saturated heterocycles. The molecule has 1 N–H and O–H groups in total. The summed E-state index contributed by atoms with van der Waals surface area (Å²) < 4.78 is 5.85. The Morgan fingerprint density at radius 2 is 2.06 bits per heavy atom. The average Bonchev–Trinajstić information content (AvgIpc) is 2.34. The fourth-order valence-electron chi connectivity index (χ4n) is 1.90. The molecule has 0 saturated carbocycles. The van der Waals surface area contributed by atoms with E-state index in [4.69, 9.17) is 4.74 Å². The number of fused-ring (bicyclic) bond motifs is 1. The van der Waals surface area contributed by atoms with Crippen LogP contribution in [0.3, 0.4) is 0 Å². The van der Waals surface area contributed by atoms with Gasteiger partial charge in [-0.3, -0.25) is 4.98 Å². The largest absolute Gasteiger partial charge is 0.491 e. The van der Waals surface area contributed by atoms with Gasteiger partial charge in [0.25, 0.3) is 0 Å². The molecule has 2 rings (SSSR count). The van der Waals surface area contributed by atoms with Crippen molar-refractivity contribution in [3.8, 4) is 5.75 Å². The lowest BCUT2D eigenvalue weighted by Crippen LogP contribution is -2.27. The minimum Gasteiger partial charge on any atom is -0.491 e. The number of hydrogen-bond donors (Lipinski definition) is 1. The Morgan fingerprint density at radius 1 is 1.28 bits per heavy atom. The summed E-state index contributed by atoms with van der Waals surface area (Å²) in [5, 5.41) is 4.41. The number of rotatable bonds is 5. The fraction of sp³-hybridized carbons (Fsp3) is 0.400. The van der Waals surface area contributed by atoms with Gasteiger partial charge in [0, 0.05) is 29.7 Å². The molecule has 0 spiro atoms. The van der Waals surface area contributed by atoms with Crippen molar-refractivity contribution in [2.24, 2.45) is 0 Å². The van der Waals surface area contributed by atoms with Crippen LogP contribution in [0.25, 0.3) is 10.9 Å². The van der Waals surface area contributed by atoms with Gasteiger partial charge in [-0.1, -0.05) is 26.0 Å². The van der Waals surface area contributed by atoms with Crippen molar-refractivity contribution >= 4 is 10.9 Å². The lowest BCUT2D eigenvalue weighted by molar-refractivity contribution is 0.312. The van der Waals surface area contributed by atoms with Gasteiger partial charge in [-0.2, -0.15) is 0 Å². The van der Waals surface area contributed by atoms with Crippen molar-refractivity contribution in [3.05, 3.63) is 36.0 Å². The van der Waals surface area contributed by atoms with Gasteiger partial charge in [0.2, 0.25) is 0 Å². The van der Waals surface area contributed by atoms with E-state index in [1.165, 1.54) is 0 Å². The van der Waals surface area contributed by atoms with E-state index in [1.54, 1.807) is 0 Å². The maximum absolute atomic E-state index is 5.85. The molecule has 3 nitrogen and oxygen atoms in total. The van der Waals surface area contributed by atoms with Crippen LogP contribution >= 0.6 is 0 Å². The van der Waals surface area contributed by atoms with Gasteiger partial charge in [0.05, 0.1) is 5.52 Å². The topological polar surface area (TPSA) is 34.1 Å². The van der Waals surface area contributed by atoms with Gasteiger partial charge in [-0.25, -0.2) is 0 Å². The predicted molar refractivity (Wildman–Crippen MR) is 75.1 cm³/mol. The zero-order valence-corrected chi connectivity index (χ0v) is 11.2. The van der Waals surface area contributed by atoms with Crippen LogP contribution in [-0.2, 0) is 0 Å². The number of hydrogen-bond acceptors (Lipinski definition) is 3. The van der Waals surface area contributed by atoms with Crippen molar-refractivity contribution < 1.29 is 4.74 Å². The molecule has 0 atom stereocenters. The van der Waals surface area contributed by atoms with Crippen LogP contribution in [0.1, 0.15) is 19.5 Å². The highest BCUT2D eigenvalue weighted by atomic mass is 16.5. The Kier molecular flexibility index (Phi) is 4.15. The molecule has 96 valence electrons. The van der Waals surface area contributed by atoms with E-state index in [0.29, 0.717) is 12.6 Å². The van der Waals surface area contributed by atoms with Crippen molar-refractivity contribution in [2.45, 2.75) is 26.8 Å². The Bertz CT molecular complexity index is 523. The second kappa shape index (κ2) is 5.83. The number of nitrogens with zero attached hydrogens (tertiary/aromatic N) is 1. The zero-order valence-electron chi connectivity index (χ0n) is 11.2. The van der Waals surface area contributed by atoms with Crippen LogP contribution < -0.4 is 10.1 Å². The molecule has 0 unspecified atom stereocenters. The van der Waals surface area contributed by atoms with E-state index in [2.05, 4.69) is 24.1 Å². The highest BCUT2D eigenvalue weighted by Gasteiger charge is 2.04. The molecule has 1 aromatic heterocycles. The predicted octanol–water partition coefficient (Wildman–Crippen LogP) is 2.92. The maximum atomic E-state index is 5.85. The quantitative estimate of drug-likeness (QED) is 0.821. The molecule has 0 amide bonds. The molecule has 0 radical (unpaired) electrons. The highest BCUT2D eigenvalue weighted by molar-refractivity contribution is 5.85. The summed E-state index contributed by atoms with van der Waals surface area (Å²) in [5.74, 6) is 0.920. The third kappa shape index (κ3) is 3.20. The fourth-order valence-corrected chi connectivity index (χ4v) is 1.90. The first-order valence-corrected chi connectivity index (χ1v) is 6.39. The van der Waals surface area contributed by atoms with Gasteiger partial charge in [-0.05, 0) is 19.1 Å². The summed E-state index contributed by atoms with van der Waals surface area (Å²) in [6.45, 7) is 7.78. The van der Waals surface area contributed by atoms with E-state index in [9.17, 15) is 0 Å². The molecule has 1 aromatic carbocycles. The number of para-hydroxylation sites is 1. The van der Waals surface area contributed by atoms with E-state index in [-0.39, 0.29) is 0 Å². The lowest BCUT2D eigenvalue weighted by Gasteiger charge is -2.12. The van der Waals surface area contributed by atoms with E-state index in [1.807, 2.05) is 37.3 Å². The Hall–Kier alpha value is -1.61. The number of pyridine rings is 1. The van der Waals surface area contributed by atoms with E-state index >= 15 is 0 Å². The third-order valence-corrected chi connectivity index (χ3v) is 2.72. The standard InChI is InChI=1S/C15H20N2O/c1-11(2)16-8-9-18-15-10-12(3)17-14-7-5-4-6-13(14)15/h4-7,10-11,16H,8-9H2,1-3H3. The first kappa shape index (κ1) is 12.8. The summed E-state index contributed by atoms with van der Waals surface area (Å²) in [7, 11) is 0. The van der Waals surface area contributed by atoms with E-state index < -0.39 is 0 Å². The minimum atomic E-state index is 0.490. The molecule has 1 heterocycles. The normalized spacial score (nSPS) is 11.1. The number of aryl methyl sites for hydroxylation is 1. The molecule has 2 aromatic rings.